The molecule has 0 aromatic carbocycles. The first-order valence-corrected chi connectivity index (χ1v) is 5.89. The molecule has 0 aliphatic carbocycles. The molecule has 14 heavy (non-hydrogen) atoms. The predicted molar refractivity (Wildman–Crippen MR) is 61.2 cm³/mol. The molecule has 74 valence electrons. The molecule has 2 heterocycles. The van der Waals surface area contributed by atoms with Crippen LogP contribution in [0.1, 0.15) is 11.3 Å². The van der Waals surface area contributed by atoms with E-state index in [-0.39, 0.29) is 0 Å². The number of halogens is 1. The van der Waals surface area contributed by atoms with Crippen molar-refractivity contribution in [1.82, 2.24) is 9.55 Å². The maximum atomic E-state index is 5.59. The lowest BCUT2D eigenvalue weighted by Gasteiger charge is -2.05. The van der Waals surface area contributed by atoms with Gasteiger partial charge in [0.2, 0.25) is 0 Å². The topological polar surface area (TPSA) is 43.8 Å². The molecule has 2 aromatic heterocycles. The summed E-state index contributed by atoms with van der Waals surface area (Å²) in [5.74, 6) is 0. The summed E-state index contributed by atoms with van der Waals surface area (Å²) in [7, 11) is 0. The SMILES string of the molecule is NCc1cncn1Cc1ccsc1Br. The van der Waals surface area contributed by atoms with Crippen molar-refractivity contribution in [2.75, 3.05) is 0 Å². The van der Waals surface area contributed by atoms with Gasteiger partial charge in [0.15, 0.2) is 0 Å². The van der Waals surface area contributed by atoms with E-state index in [2.05, 4.69) is 36.9 Å². The normalized spacial score (nSPS) is 10.7. The van der Waals surface area contributed by atoms with Gasteiger partial charge in [0.25, 0.3) is 0 Å². The first-order valence-electron chi connectivity index (χ1n) is 4.22. The molecule has 0 aliphatic heterocycles. The van der Waals surface area contributed by atoms with Crippen LogP contribution >= 0.6 is 27.3 Å². The number of hydrogen-bond donors (Lipinski definition) is 1. The fourth-order valence-corrected chi connectivity index (χ4v) is 2.49. The second-order valence-corrected chi connectivity index (χ2v) is 5.17. The molecule has 0 fully saturated rings. The number of thiophene rings is 1. The molecular weight excluding hydrogens is 262 g/mol. The number of imidazole rings is 1. The molecule has 0 saturated heterocycles. The van der Waals surface area contributed by atoms with Crippen LogP contribution in [0.2, 0.25) is 0 Å². The van der Waals surface area contributed by atoms with Crippen LogP contribution in [0.4, 0.5) is 0 Å². The fourth-order valence-electron chi connectivity index (χ4n) is 1.28. The number of rotatable bonds is 3. The van der Waals surface area contributed by atoms with Crippen molar-refractivity contribution < 1.29 is 0 Å². The van der Waals surface area contributed by atoms with Crippen molar-refractivity contribution in [3.63, 3.8) is 0 Å². The van der Waals surface area contributed by atoms with Gasteiger partial charge in [0.05, 0.1) is 22.4 Å². The van der Waals surface area contributed by atoms with E-state index in [0.29, 0.717) is 6.54 Å². The number of aromatic nitrogens is 2. The van der Waals surface area contributed by atoms with Gasteiger partial charge in [-0.2, -0.15) is 0 Å². The minimum Gasteiger partial charge on any atom is -0.329 e. The molecule has 0 atom stereocenters. The summed E-state index contributed by atoms with van der Waals surface area (Å²) in [6.07, 6.45) is 3.62. The zero-order valence-electron chi connectivity index (χ0n) is 7.48. The van der Waals surface area contributed by atoms with E-state index in [9.17, 15) is 0 Å². The van der Waals surface area contributed by atoms with Crippen molar-refractivity contribution in [3.05, 3.63) is 39.0 Å². The van der Waals surface area contributed by atoms with Crippen LogP contribution in [-0.2, 0) is 13.1 Å². The van der Waals surface area contributed by atoms with Gasteiger partial charge in [-0.05, 0) is 32.9 Å². The van der Waals surface area contributed by atoms with E-state index >= 15 is 0 Å². The van der Waals surface area contributed by atoms with Gasteiger partial charge in [-0.1, -0.05) is 0 Å². The summed E-state index contributed by atoms with van der Waals surface area (Å²) in [5.41, 5.74) is 7.92. The highest BCUT2D eigenvalue weighted by Gasteiger charge is 2.04. The van der Waals surface area contributed by atoms with Crippen LogP contribution in [0.3, 0.4) is 0 Å². The number of hydrogen-bond acceptors (Lipinski definition) is 3. The molecule has 2 rings (SSSR count). The summed E-state index contributed by atoms with van der Waals surface area (Å²) in [6, 6.07) is 2.11. The highest BCUT2D eigenvalue weighted by molar-refractivity contribution is 9.11. The van der Waals surface area contributed by atoms with Gasteiger partial charge in [-0.25, -0.2) is 4.98 Å². The first kappa shape index (κ1) is 9.89. The lowest BCUT2D eigenvalue weighted by Crippen LogP contribution is -2.07. The lowest BCUT2D eigenvalue weighted by atomic mass is 10.3. The van der Waals surface area contributed by atoms with Gasteiger partial charge in [0.1, 0.15) is 0 Å². The smallest absolute Gasteiger partial charge is 0.0951 e. The Morgan fingerprint density at radius 1 is 1.57 bits per heavy atom. The number of nitrogens with zero attached hydrogens (tertiary/aromatic N) is 2. The molecule has 0 bridgehead atoms. The van der Waals surface area contributed by atoms with E-state index in [0.717, 1.165) is 12.2 Å². The van der Waals surface area contributed by atoms with E-state index < -0.39 is 0 Å². The van der Waals surface area contributed by atoms with Crippen molar-refractivity contribution in [1.29, 1.82) is 0 Å². The lowest BCUT2D eigenvalue weighted by molar-refractivity contribution is 0.740. The van der Waals surface area contributed by atoms with Crippen LogP contribution in [0.25, 0.3) is 0 Å². The highest BCUT2D eigenvalue weighted by atomic mass is 79.9. The summed E-state index contributed by atoms with van der Waals surface area (Å²) < 4.78 is 3.24. The van der Waals surface area contributed by atoms with Crippen LogP contribution in [0.5, 0.6) is 0 Å². The molecule has 0 aliphatic rings. The van der Waals surface area contributed by atoms with Crippen LogP contribution in [0, 0.1) is 0 Å². The van der Waals surface area contributed by atoms with Crippen LogP contribution in [-0.4, -0.2) is 9.55 Å². The fraction of sp³-hybridized carbons (Fsp3) is 0.222. The van der Waals surface area contributed by atoms with Gasteiger partial charge in [0, 0.05) is 12.7 Å². The molecular formula is C9H10BrN3S. The second kappa shape index (κ2) is 4.25. The summed E-state index contributed by atoms with van der Waals surface area (Å²) in [6.45, 7) is 1.36. The molecule has 0 spiro atoms. The largest absolute Gasteiger partial charge is 0.329 e. The zero-order chi connectivity index (χ0) is 9.97. The molecule has 0 amide bonds. The molecule has 2 aromatic rings. The van der Waals surface area contributed by atoms with Gasteiger partial charge in [-0.15, -0.1) is 11.3 Å². The Bertz CT molecular complexity index is 421. The standard InChI is InChI=1S/C9H10BrN3S/c10-9-7(1-2-14-9)5-13-6-12-4-8(13)3-11/h1-2,4,6H,3,5,11H2. The molecule has 0 unspecified atom stereocenters. The average Bonchev–Trinajstić information content (AvgIpc) is 2.77. The van der Waals surface area contributed by atoms with E-state index in [1.165, 1.54) is 9.35 Å². The summed E-state index contributed by atoms with van der Waals surface area (Å²) in [5, 5.41) is 2.07. The van der Waals surface area contributed by atoms with Crippen LogP contribution in [0.15, 0.2) is 27.8 Å². The molecule has 5 heteroatoms. The van der Waals surface area contributed by atoms with Gasteiger partial charge in [-0.3, -0.25) is 0 Å². The predicted octanol–water partition coefficient (Wildman–Crippen LogP) is 2.21. The van der Waals surface area contributed by atoms with Gasteiger partial charge >= 0.3 is 0 Å². The summed E-state index contributed by atoms with van der Waals surface area (Å²) >= 11 is 5.20. The van der Waals surface area contributed by atoms with Crippen LogP contribution < -0.4 is 5.73 Å². The van der Waals surface area contributed by atoms with Crippen molar-refractivity contribution in [3.8, 4) is 0 Å². The van der Waals surface area contributed by atoms with E-state index in [1.807, 2.05) is 6.33 Å². The van der Waals surface area contributed by atoms with Gasteiger partial charge < -0.3 is 10.3 Å². The third kappa shape index (κ3) is 1.89. The Kier molecular flexibility index (Phi) is 3.00. The Balaban J connectivity index is 2.22. The summed E-state index contributed by atoms with van der Waals surface area (Å²) in [4.78, 5) is 4.07. The Hall–Kier alpha value is -0.650. The third-order valence-electron chi connectivity index (χ3n) is 2.04. The number of nitrogens with two attached hydrogens (primary N) is 1. The minimum atomic E-state index is 0.530. The second-order valence-electron chi connectivity index (χ2n) is 2.94. The Labute approximate surface area is 94.7 Å². The quantitative estimate of drug-likeness (QED) is 0.931. The maximum Gasteiger partial charge on any atom is 0.0951 e. The molecule has 2 N–H and O–H groups in total. The molecule has 0 radical (unpaired) electrons. The molecule has 3 nitrogen and oxygen atoms in total. The van der Waals surface area contributed by atoms with Crippen molar-refractivity contribution in [2.24, 2.45) is 5.73 Å². The Morgan fingerprint density at radius 3 is 3.07 bits per heavy atom. The molecule has 0 saturated carbocycles. The highest BCUT2D eigenvalue weighted by Crippen LogP contribution is 2.24. The van der Waals surface area contributed by atoms with Crippen molar-refractivity contribution in [2.45, 2.75) is 13.1 Å². The zero-order valence-corrected chi connectivity index (χ0v) is 9.88. The minimum absolute atomic E-state index is 0.530. The average molecular weight is 272 g/mol. The van der Waals surface area contributed by atoms with E-state index in [4.69, 9.17) is 5.73 Å². The maximum absolute atomic E-state index is 5.59. The first-order chi connectivity index (χ1) is 6.81. The monoisotopic (exact) mass is 271 g/mol. The third-order valence-corrected chi connectivity index (χ3v) is 3.85. The Morgan fingerprint density at radius 2 is 2.43 bits per heavy atom. The van der Waals surface area contributed by atoms with E-state index in [1.54, 1.807) is 17.5 Å². The van der Waals surface area contributed by atoms with Crippen molar-refractivity contribution >= 4 is 27.3 Å².